The van der Waals surface area contributed by atoms with Crippen LogP contribution in [0.3, 0.4) is 0 Å². The molecule has 3 nitrogen and oxygen atoms in total. The van der Waals surface area contributed by atoms with Crippen molar-refractivity contribution in [1.82, 2.24) is 0 Å². The Morgan fingerprint density at radius 1 is 1.33 bits per heavy atom. The third-order valence-electron chi connectivity index (χ3n) is 2.89. The molecule has 0 N–H and O–H groups in total. The number of benzene rings is 1. The van der Waals surface area contributed by atoms with Crippen LogP contribution in [0.2, 0.25) is 0 Å². The second kappa shape index (κ2) is 6.02. The molecule has 0 aliphatic carbocycles. The van der Waals surface area contributed by atoms with Crippen LogP contribution in [0.25, 0.3) is 0 Å². The van der Waals surface area contributed by atoms with Crippen molar-refractivity contribution >= 4 is 11.6 Å². The Balaban J connectivity index is 1.79. The molecule has 0 aromatic heterocycles. The summed E-state index contributed by atoms with van der Waals surface area (Å²) >= 11 is 5.88. The van der Waals surface area contributed by atoms with Gasteiger partial charge in [0.1, 0.15) is 6.10 Å². The van der Waals surface area contributed by atoms with E-state index in [0.717, 1.165) is 11.1 Å². The lowest BCUT2D eigenvalue weighted by Crippen LogP contribution is -2.24. The molecule has 0 radical (unpaired) electrons. The standard InChI is InChI=1S/C14H19ClO3/c1-14(2)17-10-13(18-14)9-16-8-12-6-4-3-5-11(12)7-15/h3-6,13H,7-10H2,1-2H3. The minimum Gasteiger partial charge on any atom is -0.374 e. The van der Waals surface area contributed by atoms with Crippen LogP contribution in [0.4, 0.5) is 0 Å². The van der Waals surface area contributed by atoms with Gasteiger partial charge in [0, 0.05) is 5.88 Å². The maximum Gasteiger partial charge on any atom is 0.163 e. The van der Waals surface area contributed by atoms with E-state index in [2.05, 4.69) is 0 Å². The van der Waals surface area contributed by atoms with Crippen molar-refractivity contribution in [3.8, 4) is 0 Å². The molecule has 18 heavy (non-hydrogen) atoms. The van der Waals surface area contributed by atoms with Crippen molar-refractivity contribution in [3.63, 3.8) is 0 Å². The van der Waals surface area contributed by atoms with Crippen molar-refractivity contribution in [2.75, 3.05) is 13.2 Å². The predicted octanol–water partition coefficient (Wildman–Crippen LogP) is 3.09. The van der Waals surface area contributed by atoms with Crippen molar-refractivity contribution in [2.45, 2.75) is 38.2 Å². The van der Waals surface area contributed by atoms with E-state index in [9.17, 15) is 0 Å². The maximum atomic E-state index is 5.88. The summed E-state index contributed by atoms with van der Waals surface area (Å²) in [4.78, 5) is 0. The van der Waals surface area contributed by atoms with Gasteiger partial charge in [-0.1, -0.05) is 24.3 Å². The molecule has 0 spiro atoms. The van der Waals surface area contributed by atoms with Gasteiger partial charge in [0.15, 0.2) is 5.79 Å². The molecular weight excluding hydrogens is 252 g/mol. The summed E-state index contributed by atoms with van der Waals surface area (Å²) in [6.45, 7) is 5.51. The average Bonchev–Trinajstić information content (AvgIpc) is 2.69. The van der Waals surface area contributed by atoms with E-state index in [1.165, 1.54) is 0 Å². The van der Waals surface area contributed by atoms with Crippen LogP contribution in [-0.4, -0.2) is 25.1 Å². The van der Waals surface area contributed by atoms with Crippen LogP contribution >= 0.6 is 11.6 Å². The van der Waals surface area contributed by atoms with Crippen molar-refractivity contribution in [2.24, 2.45) is 0 Å². The fraction of sp³-hybridized carbons (Fsp3) is 0.571. The fourth-order valence-electron chi connectivity index (χ4n) is 1.97. The highest BCUT2D eigenvalue weighted by atomic mass is 35.5. The van der Waals surface area contributed by atoms with Gasteiger partial charge >= 0.3 is 0 Å². The SMILES string of the molecule is CC1(C)OCC(COCc2ccccc2CCl)O1. The Labute approximate surface area is 113 Å². The minimum atomic E-state index is -0.484. The van der Waals surface area contributed by atoms with E-state index in [4.69, 9.17) is 25.8 Å². The third kappa shape index (κ3) is 3.69. The first kappa shape index (κ1) is 13.8. The van der Waals surface area contributed by atoms with Crippen molar-refractivity contribution < 1.29 is 14.2 Å². The molecule has 1 unspecified atom stereocenters. The highest BCUT2D eigenvalue weighted by Gasteiger charge is 2.32. The zero-order valence-electron chi connectivity index (χ0n) is 10.8. The van der Waals surface area contributed by atoms with Gasteiger partial charge < -0.3 is 14.2 Å². The lowest BCUT2D eigenvalue weighted by Gasteiger charge is -2.17. The summed E-state index contributed by atoms with van der Waals surface area (Å²) in [5.74, 6) is 0.0255. The third-order valence-corrected chi connectivity index (χ3v) is 3.18. The van der Waals surface area contributed by atoms with E-state index in [1.54, 1.807) is 0 Å². The number of rotatable bonds is 5. The molecule has 1 fully saturated rings. The summed E-state index contributed by atoms with van der Waals surface area (Å²) in [7, 11) is 0. The summed E-state index contributed by atoms with van der Waals surface area (Å²) in [6, 6.07) is 8.03. The molecule has 0 amide bonds. The molecule has 4 heteroatoms. The van der Waals surface area contributed by atoms with Crippen molar-refractivity contribution in [3.05, 3.63) is 35.4 Å². The molecule has 1 aliphatic heterocycles. The number of ether oxygens (including phenoxy) is 3. The van der Waals surface area contributed by atoms with Gasteiger partial charge in [0.05, 0.1) is 19.8 Å². The Morgan fingerprint density at radius 2 is 2.06 bits per heavy atom. The molecule has 0 bridgehead atoms. The molecular formula is C14H19ClO3. The highest BCUT2D eigenvalue weighted by Crippen LogP contribution is 2.22. The predicted molar refractivity (Wildman–Crippen MR) is 70.6 cm³/mol. The number of halogens is 1. The Bertz CT molecular complexity index is 392. The first-order valence-corrected chi connectivity index (χ1v) is 6.66. The van der Waals surface area contributed by atoms with Gasteiger partial charge in [-0.3, -0.25) is 0 Å². The number of hydrogen-bond donors (Lipinski definition) is 0. The molecule has 0 saturated carbocycles. The van der Waals surface area contributed by atoms with Gasteiger partial charge in [0.2, 0.25) is 0 Å². The zero-order chi connectivity index (χ0) is 13.0. The summed E-state index contributed by atoms with van der Waals surface area (Å²) in [5, 5.41) is 0. The largest absolute Gasteiger partial charge is 0.374 e. The summed E-state index contributed by atoms with van der Waals surface area (Å²) < 4.78 is 16.8. The van der Waals surface area contributed by atoms with Gasteiger partial charge in [-0.15, -0.1) is 11.6 Å². The highest BCUT2D eigenvalue weighted by molar-refractivity contribution is 6.17. The summed E-state index contributed by atoms with van der Waals surface area (Å²) in [5.41, 5.74) is 2.24. The van der Waals surface area contributed by atoms with Crippen LogP contribution in [0.1, 0.15) is 25.0 Å². The maximum absolute atomic E-state index is 5.88. The van der Waals surface area contributed by atoms with E-state index in [0.29, 0.717) is 25.7 Å². The van der Waals surface area contributed by atoms with Gasteiger partial charge in [-0.2, -0.15) is 0 Å². The first-order chi connectivity index (χ1) is 8.61. The molecule has 100 valence electrons. The quantitative estimate of drug-likeness (QED) is 0.770. The molecule has 2 rings (SSSR count). The second-order valence-corrected chi connectivity index (χ2v) is 5.14. The average molecular weight is 271 g/mol. The van der Waals surface area contributed by atoms with E-state index >= 15 is 0 Å². The number of alkyl halides is 1. The smallest absolute Gasteiger partial charge is 0.163 e. The monoisotopic (exact) mass is 270 g/mol. The lowest BCUT2D eigenvalue weighted by atomic mass is 10.1. The van der Waals surface area contributed by atoms with Crippen LogP contribution in [0.5, 0.6) is 0 Å². The van der Waals surface area contributed by atoms with E-state index < -0.39 is 5.79 Å². The van der Waals surface area contributed by atoms with Crippen LogP contribution in [0.15, 0.2) is 24.3 Å². The van der Waals surface area contributed by atoms with Crippen LogP contribution < -0.4 is 0 Å². The van der Waals surface area contributed by atoms with Crippen LogP contribution in [-0.2, 0) is 26.7 Å². The minimum absolute atomic E-state index is 0.0168. The van der Waals surface area contributed by atoms with Crippen molar-refractivity contribution in [1.29, 1.82) is 0 Å². The lowest BCUT2D eigenvalue weighted by molar-refractivity contribution is -0.145. The zero-order valence-corrected chi connectivity index (χ0v) is 11.6. The molecule has 1 heterocycles. The molecule has 1 aromatic rings. The Kier molecular flexibility index (Phi) is 4.62. The van der Waals surface area contributed by atoms with Gasteiger partial charge in [-0.05, 0) is 25.0 Å². The van der Waals surface area contributed by atoms with Gasteiger partial charge in [-0.25, -0.2) is 0 Å². The number of hydrogen-bond acceptors (Lipinski definition) is 3. The van der Waals surface area contributed by atoms with E-state index in [-0.39, 0.29) is 6.10 Å². The fourth-order valence-corrected chi connectivity index (χ4v) is 2.23. The first-order valence-electron chi connectivity index (χ1n) is 6.13. The molecule has 1 atom stereocenters. The Hall–Kier alpha value is -0.610. The topological polar surface area (TPSA) is 27.7 Å². The van der Waals surface area contributed by atoms with Gasteiger partial charge in [0.25, 0.3) is 0 Å². The Morgan fingerprint density at radius 3 is 2.67 bits per heavy atom. The molecule has 1 aromatic carbocycles. The second-order valence-electron chi connectivity index (χ2n) is 4.87. The van der Waals surface area contributed by atoms with Crippen LogP contribution in [0, 0.1) is 0 Å². The van der Waals surface area contributed by atoms with E-state index in [1.807, 2.05) is 38.1 Å². The molecule has 1 saturated heterocycles. The summed E-state index contributed by atoms with van der Waals surface area (Å²) in [6.07, 6.45) is 0.0168. The normalized spacial score (nSPS) is 22.3. The molecule has 1 aliphatic rings.